The van der Waals surface area contributed by atoms with Gasteiger partial charge < -0.3 is 9.80 Å². The number of carbonyl (C=O) groups is 1. The van der Waals surface area contributed by atoms with Gasteiger partial charge in [-0.15, -0.1) is 0 Å². The number of fused-ring (bicyclic) bond motifs is 1. The van der Waals surface area contributed by atoms with E-state index >= 15 is 0 Å². The Bertz CT molecular complexity index is 844. The van der Waals surface area contributed by atoms with E-state index in [1.807, 2.05) is 0 Å². The first-order chi connectivity index (χ1) is 11.7. The van der Waals surface area contributed by atoms with Crippen LogP contribution in [0.5, 0.6) is 0 Å². The predicted molar refractivity (Wildman–Crippen MR) is 101 cm³/mol. The van der Waals surface area contributed by atoms with Crippen LogP contribution < -0.4 is 4.90 Å². The lowest BCUT2D eigenvalue weighted by molar-refractivity contribution is -0.125. The molecule has 2 atom stereocenters. The van der Waals surface area contributed by atoms with Crippen LogP contribution in [0.3, 0.4) is 0 Å². The molecule has 1 saturated heterocycles. The molecular formula is C15H17BrFN3O3S2. The van der Waals surface area contributed by atoms with Crippen molar-refractivity contribution in [1.82, 2.24) is 4.90 Å². The number of nitrogens with zero attached hydrogens (tertiary/aromatic N) is 3. The Kier molecular flexibility index (Phi) is 5.13. The van der Waals surface area contributed by atoms with Gasteiger partial charge in [-0.05, 0) is 18.2 Å². The minimum Gasteiger partial charge on any atom is -0.348 e. The van der Waals surface area contributed by atoms with Gasteiger partial charge in [0.15, 0.2) is 15.0 Å². The quantitative estimate of drug-likeness (QED) is 0.702. The lowest BCUT2D eigenvalue weighted by Gasteiger charge is -2.27. The SMILES string of the molecule is CN(C)C(=O)CSC1=N[C@H]2CS(=O)(=O)C[C@@H]2N1c1ccc(Br)cc1F. The number of anilines is 1. The minimum absolute atomic E-state index is 0.0437. The fraction of sp³-hybridized carbons (Fsp3) is 0.467. The van der Waals surface area contributed by atoms with E-state index in [0.29, 0.717) is 9.64 Å². The molecule has 1 fully saturated rings. The zero-order chi connectivity index (χ0) is 18.4. The van der Waals surface area contributed by atoms with Crippen LogP contribution in [-0.2, 0) is 14.6 Å². The Morgan fingerprint density at radius 3 is 2.80 bits per heavy atom. The number of halogens is 2. The predicted octanol–water partition coefficient (Wildman–Crippen LogP) is 1.75. The maximum Gasteiger partial charge on any atom is 0.232 e. The molecule has 2 aliphatic rings. The smallest absolute Gasteiger partial charge is 0.232 e. The van der Waals surface area contributed by atoms with E-state index in [2.05, 4.69) is 20.9 Å². The second-order valence-electron chi connectivity index (χ2n) is 6.17. The summed E-state index contributed by atoms with van der Waals surface area (Å²) in [4.78, 5) is 19.4. The third kappa shape index (κ3) is 3.85. The van der Waals surface area contributed by atoms with Gasteiger partial charge in [-0.1, -0.05) is 27.7 Å². The van der Waals surface area contributed by atoms with Crippen LogP contribution >= 0.6 is 27.7 Å². The first kappa shape index (κ1) is 18.7. The van der Waals surface area contributed by atoms with Crippen molar-refractivity contribution in [2.75, 3.05) is 36.3 Å². The maximum absolute atomic E-state index is 14.5. The number of amidine groups is 1. The number of carbonyl (C=O) groups excluding carboxylic acids is 1. The summed E-state index contributed by atoms with van der Waals surface area (Å²) in [7, 11) is 0.119. The molecule has 0 N–H and O–H groups in total. The minimum atomic E-state index is -3.20. The highest BCUT2D eigenvalue weighted by atomic mass is 79.9. The van der Waals surface area contributed by atoms with E-state index in [1.54, 1.807) is 31.1 Å². The second-order valence-corrected chi connectivity index (χ2v) is 10.2. The summed E-state index contributed by atoms with van der Waals surface area (Å²) in [5, 5.41) is 0.487. The van der Waals surface area contributed by atoms with E-state index in [4.69, 9.17) is 0 Å². The van der Waals surface area contributed by atoms with Crippen molar-refractivity contribution in [3.05, 3.63) is 28.5 Å². The highest BCUT2D eigenvalue weighted by molar-refractivity contribution is 9.10. The van der Waals surface area contributed by atoms with Crippen molar-refractivity contribution in [3.8, 4) is 0 Å². The Morgan fingerprint density at radius 1 is 1.44 bits per heavy atom. The Labute approximate surface area is 158 Å². The molecule has 0 saturated carbocycles. The molecule has 1 aromatic carbocycles. The largest absolute Gasteiger partial charge is 0.348 e. The molecule has 0 aromatic heterocycles. The van der Waals surface area contributed by atoms with E-state index in [-0.39, 0.29) is 28.9 Å². The monoisotopic (exact) mass is 449 g/mol. The van der Waals surface area contributed by atoms with Gasteiger partial charge in [0.25, 0.3) is 0 Å². The first-order valence-electron chi connectivity index (χ1n) is 7.53. The van der Waals surface area contributed by atoms with Crippen molar-refractivity contribution in [1.29, 1.82) is 0 Å². The standard InChI is InChI=1S/C15H17BrFN3O3S2/c1-19(2)14(21)6-24-15-18-11-7-25(22,23)8-13(11)20(15)12-4-3-9(16)5-10(12)17/h3-5,11,13H,6-8H2,1-2H3/t11-,13-/m0/s1. The molecule has 2 heterocycles. The van der Waals surface area contributed by atoms with Crippen LogP contribution in [0.4, 0.5) is 10.1 Å². The molecule has 0 unspecified atom stereocenters. The highest BCUT2D eigenvalue weighted by Gasteiger charge is 2.47. The molecule has 0 bridgehead atoms. The van der Waals surface area contributed by atoms with E-state index in [1.165, 1.54) is 22.7 Å². The third-order valence-electron chi connectivity index (χ3n) is 4.10. The van der Waals surface area contributed by atoms with Crippen LogP contribution in [0, 0.1) is 5.82 Å². The molecule has 0 spiro atoms. The molecule has 25 heavy (non-hydrogen) atoms. The normalized spacial score (nSPS) is 24.2. The van der Waals surface area contributed by atoms with Gasteiger partial charge in [0, 0.05) is 18.6 Å². The van der Waals surface area contributed by atoms with Crippen LogP contribution in [0.25, 0.3) is 0 Å². The number of benzene rings is 1. The highest BCUT2D eigenvalue weighted by Crippen LogP contribution is 2.36. The molecule has 2 aliphatic heterocycles. The van der Waals surface area contributed by atoms with Gasteiger partial charge in [0.2, 0.25) is 5.91 Å². The fourth-order valence-electron chi connectivity index (χ4n) is 2.85. The number of aliphatic imine (C=N–C) groups is 1. The number of sulfone groups is 1. The summed E-state index contributed by atoms with van der Waals surface area (Å²) in [5.74, 6) is -0.507. The zero-order valence-corrected chi connectivity index (χ0v) is 16.9. The maximum atomic E-state index is 14.5. The van der Waals surface area contributed by atoms with Crippen molar-refractivity contribution in [2.24, 2.45) is 4.99 Å². The van der Waals surface area contributed by atoms with Crippen molar-refractivity contribution < 1.29 is 17.6 Å². The average Bonchev–Trinajstić information content (AvgIpc) is 2.96. The van der Waals surface area contributed by atoms with Crippen LogP contribution in [-0.4, -0.2) is 67.8 Å². The molecule has 3 rings (SSSR count). The van der Waals surface area contributed by atoms with E-state index in [9.17, 15) is 17.6 Å². The van der Waals surface area contributed by atoms with Gasteiger partial charge >= 0.3 is 0 Å². The molecule has 1 aromatic rings. The van der Waals surface area contributed by atoms with Gasteiger partial charge in [0.1, 0.15) is 5.82 Å². The first-order valence-corrected chi connectivity index (χ1v) is 11.1. The molecule has 0 radical (unpaired) electrons. The summed E-state index contributed by atoms with van der Waals surface area (Å²) in [6, 6.07) is 3.76. The summed E-state index contributed by atoms with van der Waals surface area (Å²) >= 11 is 4.42. The fourth-order valence-corrected chi connectivity index (χ4v) is 6.12. The van der Waals surface area contributed by atoms with Crippen molar-refractivity contribution >= 4 is 54.3 Å². The van der Waals surface area contributed by atoms with Gasteiger partial charge in [-0.25, -0.2) is 12.8 Å². The molecule has 0 aliphatic carbocycles. The third-order valence-corrected chi connectivity index (χ3v) is 7.24. The Hall–Kier alpha value is -1.13. The van der Waals surface area contributed by atoms with E-state index in [0.717, 1.165) is 0 Å². The molecular weight excluding hydrogens is 433 g/mol. The lowest BCUT2D eigenvalue weighted by Crippen LogP contribution is -2.40. The topological polar surface area (TPSA) is 70.0 Å². The van der Waals surface area contributed by atoms with Crippen molar-refractivity contribution in [2.45, 2.75) is 12.1 Å². The molecule has 10 heteroatoms. The Morgan fingerprint density at radius 2 is 2.16 bits per heavy atom. The van der Waals surface area contributed by atoms with Crippen LogP contribution in [0.1, 0.15) is 0 Å². The molecule has 6 nitrogen and oxygen atoms in total. The number of hydrogen-bond donors (Lipinski definition) is 0. The lowest BCUT2D eigenvalue weighted by atomic mass is 10.1. The zero-order valence-electron chi connectivity index (χ0n) is 13.6. The summed E-state index contributed by atoms with van der Waals surface area (Å²) in [6.07, 6.45) is 0. The number of hydrogen-bond acceptors (Lipinski definition) is 6. The number of thioether (sulfide) groups is 1. The van der Waals surface area contributed by atoms with Crippen LogP contribution in [0.2, 0.25) is 0 Å². The van der Waals surface area contributed by atoms with Crippen molar-refractivity contribution in [3.63, 3.8) is 0 Å². The van der Waals surface area contributed by atoms with Gasteiger partial charge in [-0.3, -0.25) is 9.79 Å². The van der Waals surface area contributed by atoms with Crippen LogP contribution in [0.15, 0.2) is 27.7 Å². The van der Waals surface area contributed by atoms with E-state index < -0.39 is 27.7 Å². The van der Waals surface area contributed by atoms with Gasteiger partial charge in [-0.2, -0.15) is 0 Å². The number of rotatable bonds is 3. The summed E-state index contributed by atoms with van der Waals surface area (Å²) in [6.45, 7) is 0. The second kappa shape index (κ2) is 6.88. The summed E-state index contributed by atoms with van der Waals surface area (Å²) < 4.78 is 39.0. The van der Waals surface area contributed by atoms with Gasteiger partial charge in [0.05, 0.1) is 35.0 Å². The number of amides is 1. The average molecular weight is 450 g/mol. The Balaban J connectivity index is 1.93. The summed E-state index contributed by atoms with van der Waals surface area (Å²) in [5.41, 5.74) is 0.274. The molecule has 1 amide bonds. The molecule has 136 valence electrons.